The minimum Gasteiger partial charge on any atom is -0.373 e. The molecule has 7 heteroatoms. The lowest BCUT2D eigenvalue weighted by molar-refractivity contribution is -0.0672. The zero-order valence-electron chi connectivity index (χ0n) is 14.8. The topological polar surface area (TPSA) is 70.8 Å². The van der Waals surface area contributed by atoms with Crippen LogP contribution in [-0.4, -0.2) is 66.4 Å². The van der Waals surface area contributed by atoms with E-state index in [4.69, 9.17) is 9.26 Å². The first-order valence-corrected chi connectivity index (χ1v) is 8.15. The molecule has 0 radical (unpaired) electrons. The van der Waals surface area contributed by atoms with Crippen LogP contribution in [0.1, 0.15) is 30.9 Å². The van der Waals surface area contributed by atoms with Crippen molar-refractivity contribution >= 4 is 6.03 Å². The number of hydrogen-bond donors (Lipinski definition) is 1. The Bertz CT molecular complexity index is 502. The minimum absolute atomic E-state index is 0.0839. The van der Waals surface area contributed by atoms with E-state index in [-0.39, 0.29) is 18.2 Å². The number of amides is 2. The van der Waals surface area contributed by atoms with Crippen molar-refractivity contribution in [2.45, 2.75) is 46.4 Å². The van der Waals surface area contributed by atoms with E-state index in [0.29, 0.717) is 13.1 Å². The lowest BCUT2D eigenvalue weighted by atomic mass is 10.2. The monoisotopic (exact) mass is 324 g/mol. The molecule has 1 saturated heterocycles. The van der Waals surface area contributed by atoms with Crippen molar-refractivity contribution in [3.05, 3.63) is 17.0 Å². The molecule has 2 atom stereocenters. The van der Waals surface area contributed by atoms with Gasteiger partial charge in [-0.05, 0) is 27.7 Å². The fourth-order valence-electron chi connectivity index (χ4n) is 2.96. The number of rotatable bonds is 5. The van der Waals surface area contributed by atoms with E-state index in [9.17, 15) is 4.79 Å². The molecule has 130 valence electrons. The Morgan fingerprint density at radius 1 is 1.35 bits per heavy atom. The summed E-state index contributed by atoms with van der Waals surface area (Å²) >= 11 is 0. The van der Waals surface area contributed by atoms with Gasteiger partial charge in [-0.25, -0.2) is 4.79 Å². The fourth-order valence-corrected chi connectivity index (χ4v) is 2.96. The van der Waals surface area contributed by atoms with Crippen LogP contribution in [0, 0.1) is 13.8 Å². The third-order valence-corrected chi connectivity index (χ3v) is 4.12. The molecule has 2 rings (SSSR count). The van der Waals surface area contributed by atoms with Crippen LogP contribution in [-0.2, 0) is 11.3 Å². The predicted molar refractivity (Wildman–Crippen MR) is 87.3 cm³/mol. The molecule has 0 saturated carbocycles. The van der Waals surface area contributed by atoms with Gasteiger partial charge in [0.05, 0.1) is 24.4 Å². The van der Waals surface area contributed by atoms with Gasteiger partial charge in [-0.3, -0.25) is 4.90 Å². The molecule has 0 bridgehead atoms. The van der Waals surface area contributed by atoms with Crippen molar-refractivity contribution < 1.29 is 14.1 Å². The maximum atomic E-state index is 12.2. The molecule has 1 aromatic rings. The lowest BCUT2D eigenvalue weighted by Gasteiger charge is -2.35. The van der Waals surface area contributed by atoms with E-state index in [1.807, 2.05) is 13.8 Å². The maximum absolute atomic E-state index is 12.2. The number of nitrogens with zero attached hydrogens (tertiary/aromatic N) is 3. The molecular formula is C16H28N4O3. The third kappa shape index (κ3) is 4.94. The Morgan fingerprint density at radius 2 is 2.00 bits per heavy atom. The fraction of sp³-hybridized carbons (Fsp3) is 0.750. The highest BCUT2D eigenvalue weighted by molar-refractivity contribution is 5.73. The molecule has 0 unspecified atom stereocenters. The summed E-state index contributed by atoms with van der Waals surface area (Å²) in [5.74, 6) is 0.762. The third-order valence-electron chi connectivity index (χ3n) is 4.12. The quantitative estimate of drug-likeness (QED) is 0.890. The van der Waals surface area contributed by atoms with Crippen LogP contribution in [0.2, 0.25) is 0 Å². The van der Waals surface area contributed by atoms with Crippen LogP contribution < -0.4 is 5.32 Å². The standard InChI is InChI=1S/C16H28N4O3/c1-11-8-20(9-12(2)22-11)7-6-17-16(21)19(5)10-15-13(3)18-23-14(15)4/h11-12H,6-10H2,1-5H3,(H,17,21)/t11-,12-/m1/s1. The molecule has 1 fully saturated rings. The summed E-state index contributed by atoms with van der Waals surface area (Å²) in [6, 6.07) is -0.0839. The van der Waals surface area contributed by atoms with Gasteiger partial charge in [0.1, 0.15) is 5.76 Å². The summed E-state index contributed by atoms with van der Waals surface area (Å²) in [6.07, 6.45) is 0.494. The zero-order chi connectivity index (χ0) is 17.0. The minimum atomic E-state index is -0.0839. The first kappa shape index (κ1) is 17.7. The molecule has 0 aromatic carbocycles. The first-order valence-electron chi connectivity index (χ1n) is 8.15. The first-order chi connectivity index (χ1) is 10.9. The van der Waals surface area contributed by atoms with Gasteiger partial charge in [-0.15, -0.1) is 0 Å². The van der Waals surface area contributed by atoms with Gasteiger partial charge in [0.15, 0.2) is 0 Å². The van der Waals surface area contributed by atoms with Crippen LogP contribution in [0.25, 0.3) is 0 Å². The van der Waals surface area contributed by atoms with Crippen LogP contribution >= 0.6 is 0 Å². The van der Waals surface area contributed by atoms with Gasteiger partial charge in [0, 0.05) is 38.8 Å². The molecule has 23 heavy (non-hydrogen) atoms. The second-order valence-electron chi connectivity index (χ2n) is 6.41. The average molecular weight is 324 g/mol. The van der Waals surface area contributed by atoms with Crippen LogP contribution in [0.5, 0.6) is 0 Å². The van der Waals surface area contributed by atoms with E-state index >= 15 is 0 Å². The van der Waals surface area contributed by atoms with E-state index in [1.165, 1.54) is 0 Å². The van der Waals surface area contributed by atoms with Crippen molar-refractivity contribution in [2.24, 2.45) is 0 Å². The number of ether oxygens (including phenoxy) is 1. The summed E-state index contributed by atoms with van der Waals surface area (Å²) in [7, 11) is 1.78. The van der Waals surface area contributed by atoms with Crippen LogP contribution in [0.4, 0.5) is 4.79 Å². The van der Waals surface area contributed by atoms with E-state index in [1.54, 1.807) is 11.9 Å². The van der Waals surface area contributed by atoms with Crippen molar-refractivity contribution in [3.8, 4) is 0 Å². The molecule has 1 N–H and O–H groups in total. The van der Waals surface area contributed by atoms with Gasteiger partial charge in [0.2, 0.25) is 0 Å². The van der Waals surface area contributed by atoms with Gasteiger partial charge in [-0.1, -0.05) is 5.16 Å². The maximum Gasteiger partial charge on any atom is 0.317 e. The summed E-state index contributed by atoms with van der Waals surface area (Å²) in [4.78, 5) is 16.2. The van der Waals surface area contributed by atoms with Gasteiger partial charge in [-0.2, -0.15) is 0 Å². The van der Waals surface area contributed by atoms with Gasteiger partial charge < -0.3 is 19.5 Å². The highest BCUT2D eigenvalue weighted by Crippen LogP contribution is 2.14. The smallest absolute Gasteiger partial charge is 0.317 e. The predicted octanol–water partition coefficient (Wildman–Crippen LogP) is 1.54. The molecule has 2 heterocycles. The largest absolute Gasteiger partial charge is 0.373 e. The van der Waals surface area contributed by atoms with Gasteiger partial charge in [0.25, 0.3) is 0 Å². The van der Waals surface area contributed by atoms with Crippen molar-refractivity contribution in [2.75, 3.05) is 33.2 Å². The second kappa shape index (κ2) is 7.79. The van der Waals surface area contributed by atoms with E-state index in [0.717, 1.165) is 36.7 Å². The lowest BCUT2D eigenvalue weighted by Crippen LogP contribution is -2.48. The summed E-state index contributed by atoms with van der Waals surface area (Å²) in [5.41, 5.74) is 1.80. The molecule has 1 aromatic heterocycles. The number of morpholine rings is 1. The Hall–Kier alpha value is -1.60. The highest BCUT2D eigenvalue weighted by Gasteiger charge is 2.22. The molecule has 2 amide bonds. The summed E-state index contributed by atoms with van der Waals surface area (Å²) in [6.45, 7) is 11.7. The number of carbonyl (C=O) groups is 1. The molecule has 1 aliphatic rings. The molecule has 7 nitrogen and oxygen atoms in total. The Labute approximate surface area is 137 Å². The number of aryl methyl sites for hydroxylation is 2. The number of hydrogen-bond acceptors (Lipinski definition) is 5. The van der Waals surface area contributed by atoms with E-state index < -0.39 is 0 Å². The van der Waals surface area contributed by atoms with Crippen molar-refractivity contribution in [1.82, 2.24) is 20.3 Å². The Balaban J connectivity index is 1.74. The SMILES string of the molecule is Cc1noc(C)c1CN(C)C(=O)NCCN1C[C@@H](C)O[C@H](C)C1. The van der Waals surface area contributed by atoms with Gasteiger partial charge >= 0.3 is 6.03 Å². The number of carbonyl (C=O) groups excluding carboxylic acids is 1. The summed E-state index contributed by atoms with van der Waals surface area (Å²) < 4.78 is 10.8. The second-order valence-corrected chi connectivity index (χ2v) is 6.41. The molecule has 1 aliphatic heterocycles. The molecule has 0 spiro atoms. The van der Waals surface area contributed by atoms with Crippen molar-refractivity contribution in [3.63, 3.8) is 0 Å². The number of nitrogens with one attached hydrogen (secondary N) is 1. The number of aromatic nitrogens is 1. The molecule has 0 aliphatic carbocycles. The van der Waals surface area contributed by atoms with Crippen LogP contribution in [0.3, 0.4) is 0 Å². The normalized spacial score (nSPS) is 22.1. The molecular weight excluding hydrogens is 296 g/mol. The van der Waals surface area contributed by atoms with Crippen molar-refractivity contribution in [1.29, 1.82) is 0 Å². The Morgan fingerprint density at radius 3 is 2.57 bits per heavy atom. The Kier molecular flexibility index (Phi) is 6.01. The zero-order valence-corrected chi connectivity index (χ0v) is 14.8. The highest BCUT2D eigenvalue weighted by atomic mass is 16.5. The number of urea groups is 1. The summed E-state index contributed by atoms with van der Waals surface area (Å²) in [5, 5.41) is 6.88. The average Bonchev–Trinajstić information content (AvgIpc) is 2.78. The van der Waals surface area contributed by atoms with E-state index in [2.05, 4.69) is 29.2 Å². The van der Waals surface area contributed by atoms with Crippen LogP contribution in [0.15, 0.2) is 4.52 Å².